The molecule has 7 heteroatoms. The van der Waals surface area contributed by atoms with Crippen LogP contribution in [0.5, 0.6) is 0 Å². The Kier molecular flexibility index (Phi) is 3.45. The highest BCUT2D eigenvalue weighted by molar-refractivity contribution is 5.89. The molecule has 0 aliphatic carbocycles. The van der Waals surface area contributed by atoms with Gasteiger partial charge in [0, 0.05) is 6.54 Å². The Morgan fingerprint density at radius 1 is 1.12 bits per heavy atom. The Morgan fingerprint density at radius 2 is 2.00 bits per heavy atom. The molecule has 0 fully saturated rings. The van der Waals surface area contributed by atoms with Gasteiger partial charge in [0.15, 0.2) is 11.4 Å². The van der Waals surface area contributed by atoms with E-state index in [0.717, 1.165) is 5.39 Å². The van der Waals surface area contributed by atoms with Crippen LogP contribution in [0.15, 0.2) is 53.3 Å². The zero-order chi connectivity index (χ0) is 16.5. The van der Waals surface area contributed by atoms with E-state index in [4.69, 9.17) is 10.2 Å². The lowest BCUT2D eigenvalue weighted by Gasteiger charge is -2.06. The number of fused-ring (bicyclic) bond motifs is 1. The molecule has 0 unspecified atom stereocenters. The summed E-state index contributed by atoms with van der Waals surface area (Å²) in [4.78, 5) is 8.52. The van der Waals surface area contributed by atoms with Gasteiger partial charge in [-0.1, -0.05) is 18.2 Å². The van der Waals surface area contributed by atoms with Crippen molar-refractivity contribution in [1.29, 1.82) is 0 Å². The maximum absolute atomic E-state index is 13.8. The number of hydrogen-bond donors (Lipinski definition) is 1. The molecule has 2 N–H and O–H groups in total. The van der Waals surface area contributed by atoms with Crippen LogP contribution in [-0.4, -0.2) is 19.7 Å². The van der Waals surface area contributed by atoms with Crippen molar-refractivity contribution in [3.8, 4) is 11.5 Å². The van der Waals surface area contributed by atoms with Crippen LogP contribution in [0.25, 0.3) is 22.5 Å². The molecular weight excluding hydrogens is 309 g/mol. The van der Waals surface area contributed by atoms with E-state index < -0.39 is 0 Å². The Bertz CT molecular complexity index is 994. The second kappa shape index (κ2) is 5.77. The van der Waals surface area contributed by atoms with E-state index in [2.05, 4.69) is 15.1 Å². The minimum absolute atomic E-state index is 0.140. The predicted octanol–water partition coefficient (Wildman–Crippen LogP) is 3.05. The van der Waals surface area contributed by atoms with Crippen molar-refractivity contribution in [3.63, 3.8) is 0 Å². The number of anilines is 1. The lowest BCUT2D eigenvalue weighted by Crippen LogP contribution is -2.06. The summed E-state index contributed by atoms with van der Waals surface area (Å²) < 4.78 is 20.9. The van der Waals surface area contributed by atoms with Crippen molar-refractivity contribution >= 4 is 17.0 Å². The predicted molar refractivity (Wildman–Crippen MR) is 87.5 cm³/mol. The van der Waals surface area contributed by atoms with Crippen LogP contribution in [-0.2, 0) is 13.0 Å². The second-order valence-electron chi connectivity index (χ2n) is 5.35. The second-order valence-corrected chi connectivity index (χ2v) is 5.35. The summed E-state index contributed by atoms with van der Waals surface area (Å²) >= 11 is 0. The van der Waals surface area contributed by atoms with Gasteiger partial charge in [-0.15, -0.1) is 0 Å². The fourth-order valence-electron chi connectivity index (χ4n) is 2.66. The summed E-state index contributed by atoms with van der Waals surface area (Å²) in [6, 6.07) is 10.3. The largest absolute Gasteiger partial charge is 0.463 e. The third-order valence-corrected chi connectivity index (χ3v) is 3.82. The maximum Gasteiger partial charge on any atom is 0.222 e. The van der Waals surface area contributed by atoms with Gasteiger partial charge in [0.05, 0.1) is 17.8 Å². The van der Waals surface area contributed by atoms with Crippen molar-refractivity contribution in [2.75, 3.05) is 5.73 Å². The zero-order valence-electron chi connectivity index (χ0n) is 12.7. The number of halogens is 1. The molecule has 0 aliphatic heterocycles. The molecule has 120 valence electrons. The fourth-order valence-corrected chi connectivity index (χ4v) is 2.66. The molecule has 0 saturated carbocycles. The number of rotatable bonds is 4. The van der Waals surface area contributed by atoms with Crippen LogP contribution in [0.3, 0.4) is 0 Å². The summed E-state index contributed by atoms with van der Waals surface area (Å²) in [6.07, 6.45) is 3.75. The Hall–Kier alpha value is -3.22. The standard InChI is InChI=1S/C17H14FN5O/c18-13-5-2-1-4-11(13)7-8-23-16-12(10-20-23)15(21-17(19)22-16)14-6-3-9-24-14/h1-6,9-10H,7-8H2,(H2,19,21,22). The van der Waals surface area contributed by atoms with Crippen LogP contribution in [0.2, 0.25) is 0 Å². The average molecular weight is 323 g/mol. The van der Waals surface area contributed by atoms with Crippen LogP contribution in [0.1, 0.15) is 5.56 Å². The number of nitrogens with zero attached hydrogens (tertiary/aromatic N) is 4. The smallest absolute Gasteiger partial charge is 0.222 e. The van der Waals surface area contributed by atoms with E-state index >= 15 is 0 Å². The molecule has 4 aromatic rings. The van der Waals surface area contributed by atoms with E-state index in [0.29, 0.717) is 35.6 Å². The van der Waals surface area contributed by atoms with Gasteiger partial charge in [-0.2, -0.15) is 10.1 Å². The number of hydrogen-bond acceptors (Lipinski definition) is 5. The first-order valence-corrected chi connectivity index (χ1v) is 7.48. The quantitative estimate of drug-likeness (QED) is 0.624. The fraction of sp³-hybridized carbons (Fsp3) is 0.118. The Balaban J connectivity index is 1.71. The number of benzene rings is 1. The minimum Gasteiger partial charge on any atom is -0.463 e. The van der Waals surface area contributed by atoms with Crippen LogP contribution >= 0.6 is 0 Å². The number of nitrogens with two attached hydrogens (primary N) is 1. The van der Waals surface area contributed by atoms with Crippen LogP contribution in [0.4, 0.5) is 10.3 Å². The Morgan fingerprint density at radius 3 is 2.79 bits per heavy atom. The van der Waals surface area contributed by atoms with Crippen molar-refractivity contribution in [2.45, 2.75) is 13.0 Å². The topological polar surface area (TPSA) is 82.8 Å². The van der Waals surface area contributed by atoms with E-state index in [1.165, 1.54) is 6.07 Å². The third kappa shape index (κ3) is 2.50. The van der Waals surface area contributed by atoms with Crippen molar-refractivity contribution in [3.05, 3.63) is 60.2 Å². The first-order chi connectivity index (χ1) is 11.7. The molecular formula is C17H14FN5O. The lowest BCUT2D eigenvalue weighted by atomic mass is 10.1. The molecule has 0 atom stereocenters. The van der Waals surface area contributed by atoms with E-state index in [1.807, 2.05) is 6.07 Å². The Labute approximate surface area is 136 Å². The number of aromatic nitrogens is 4. The molecule has 0 saturated heterocycles. The van der Waals surface area contributed by atoms with Gasteiger partial charge in [0.2, 0.25) is 5.95 Å². The lowest BCUT2D eigenvalue weighted by molar-refractivity contribution is 0.578. The van der Waals surface area contributed by atoms with Gasteiger partial charge in [-0.05, 0) is 30.2 Å². The first-order valence-electron chi connectivity index (χ1n) is 7.48. The van der Waals surface area contributed by atoms with Crippen molar-refractivity contribution in [2.24, 2.45) is 0 Å². The molecule has 3 aromatic heterocycles. The average Bonchev–Trinajstić information content (AvgIpc) is 3.23. The highest BCUT2D eigenvalue weighted by Crippen LogP contribution is 2.27. The molecule has 0 aliphatic rings. The van der Waals surface area contributed by atoms with E-state index in [1.54, 1.807) is 41.4 Å². The van der Waals surface area contributed by atoms with Gasteiger partial charge in [-0.25, -0.2) is 14.1 Å². The summed E-state index contributed by atoms with van der Waals surface area (Å²) in [5, 5.41) is 5.09. The van der Waals surface area contributed by atoms with Gasteiger partial charge in [0.25, 0.3) is 0 Å². The number of nitrogen functional groups attached to an aromatic ring is 1. The van der Waals surface area contributed by atoms with Gasteiger partial charge < -0.3 is 10.2 Å². The first kappa shape index (κ1) is 14.4. The molecule has 0 bridgehead atoms. The van der Waals surface area contributed by atoms with Gasteiger partial charge >= 0.3 is 0 Å². The van der Waals surface area contributed by atoms with E-state index in [-0.39, 0.29) is 11.8 Å². The molecule has 0 radical (unpaired) electrons. The summed E-state index contributed by atoms with van der Waals surface area (Å²) in [6.45, 7) is 0.485. The molecule has 3 heterocycles. The molecule has 4 rings (SSSR count). The maximum atomic E-state index is 13.8. The van der Waals surface area contributed by atoms with Gasteiger partial charge in [-0.3, -0.25) is 0 Å². The molecule has 6 nitrogen and oxygen atoms in total. The van der Waals surface area contributed by atoms with Crippen molar-refractivity contribution < 1.29 is 8.81 Å². The zero-order valence-corrected chi connectivity index (χ0v) is 12.7. The monoisotopic (exact) mass is 323 g/mol. The summed E-state index contributed by atoms with van der Waals surface area (Å²) in [5.41, 5.74) is 7.66. The number of furan rings is 1. The van der Waals surface area contributed by atoms with Crippen LogP contribution in [0, 0.1) is 5.82 Å². The molecule has 0 spiro atoms. The van der Waals surface area contributed by atoms with Crippen molar-refractivity contribution in [1.82, 2.24) is 19.7 Å². The molecule has 24 heavy (non-hydrogen) atoms. The van der Waals surface area contributed by atoms with E-state index in [9.17, 15) is 4.39 Å². The van der Waals surface area contributed by atoms with Gasteiger partial charge in [0.1, 0.15) is 11.5 Å². The minimum atomic E-state index is -0.223. The third-order valence-electron chi connectivity index (χ3n) is 3.82. The highest BCUT2D eigenvalue weighted by Gasteiger charge is 2.15. The van der Waals surface area contributed by atoms with Crippen LogP contribution < -0.4 is 5.73 Å². The highest BCUT2D eigenvalue weighted by atomic mass is 19.1. The molecule has 0 amide bonds. The number of aryl methyl sites for hydroxylation is 2. The summed E-state index contributed by atoms with van der Waals surface area (Å²) in [5.74, 6) is 0.517. The SMILES string of the molecule is Nc1nc(-c2ccco2)c2cnn(CCc3ccccc3F)c2n1. The molecule has 1 aromatic carbocycles. The normalized spacial score (nSPS) is 11.2. The summed E-state index contributed by atoms with van der Waals surface area (Å²) in [7, 11) is 0.